The molecule has 2 heterocycles. The van der Waals surface area contributed by atoms with Crippen molar-refractivity contribution in [3.05, 3.63) is 17.5 Å². The highest BCUT2D eigenvalue weighted by molar-refractivity contribution is 5.36. The van der Waals surface area contributed by atoms with Crippen LogP contribution in [0.3, 0.4) is 0 Å². The predicted octanol–water partition coefficient (Wildman–Crippen LogP) is 3.77. The van der Waals surface area contributed by atoms with Crippen molar-refractivity contribution in [1.82, 2.24) is 15.3 Å². The van der Waals surface area contributed by atoms with E-state index < -0.39 is 0 Å². The van der Waals surface area contributed by atoms with Gasteiger partial charge in [0.15, 0.2) is 0 Å². The van der Waals surface area contributed by atoms with Gasteiger partial charge in [0.25, 0.3) is 0 Å². The van der Waals surface area contributed by atoms with Crippen LogP contribution in [0.15, 0.2) is 6.20 Å². The number of rotatable bonds is 4. The molecule has 2 aliphatic carbocycles. The number of aromatic nitrogens is 2. The molecule has 1 saturated carbocycles. The van der Waals surface area contributed by atoms with Crippen molar-refractivity contribution >= 4 is 5.95 Å². The Hall–Kier alpha value is -1.20. The summed E-state index contributed by atoms with van der Waals surface area (Å²) >= 11 is 0. The summed E-state index contributed by atoms with van der Waals surface area (Å²) in [4.78, 5) is 12.0. The van der Waals surface area contributed by atoms with E-state index >= 15 is 0 Å². The van der Waals surface area contributed by atoms with Gasteiger partial charge < -0.3 is 15.3 Å². The Bertz CT molecular complexity index is 592. The number of aliphatic hydroxyl groups excluding tert-OH is 1. The van der Waals surface area contributed by atoms with Crippen molar-refractivity contribution < 1.29 is 5.11 Å². The van der Waals surface area contributed by atoms with E-state index in [1.165, 1.54) is 69.0 Å². The highest BCUT2D eigenvalue weighted by atomic mass is 16.3. The first kappa shape index (κ1) is 19.1. The summed E-state index contributed by atoms with van der Waals surface area (Å²) in [6.45, 7) is 2.24. The summed E-state index contributed by atoms with van der Waals surface area (Å²) in [5, 5.41) is 13.3. The summed E-state index contributed by atoms with van der Waals surface area (Å²) in [7, 11) is 0. The molecule has 2 N–H and O–H groups in total. The smallest absolute Gasteiger partial charge is 0.225 e. The van der Waals surface area contributed by atoms with Gasteiger partial charge in [-0.1, -0.05) is 32.1 Å². The third-order valence-corrected chi connectivity index (χ3v) is 6.87. The summed E-state index contributed by atoms with van der Waals surface area (Å²) < 4.78 is 0. The van der Waals surface area contributed by atoms with Gasteiger partial charge in [0, 0.05) is 43.5 Å². The molecule has 0 spiro atoms. The van der Waals surface area contributed by atoms with E-state index in [2.05, 4.69) is 16.4 Å². The van der Waals surface area contributed by atoms with Gasteiger partial charge in [0.1, 0.15) is 0 Å². The van der Waals surface area contributed by atoms with Crippen molar-refractivity contribution in [2.45, 2.75) is 89.1 Å². The summed E-state index contributed by atoms with van der Waals surface area (Å²) in [6.07, 6.45) is 17.3. The first-order valence-electron chi connectivity index (χ1n) is 11.3. The van der Waals surface area contributed by atoms with Crippen LogP contribution in [0.5, 0.6) is 0 Å². The molecule has 27 heavy (non-hydrogen) atoms. The molecule has 1 aromatic rings. The van der Waals surface area contributed by atoms with Gasteiger partial charge in [-0.05, 0) is 50.9 Å². The molecule has 3 aliphatic rings. The fourth-order valence-electron chi connectivity index (χ4n) is 5.08. The van der Waals surface area contributed by atoms with Crippen LogP contribution >= 0.6 is 0 Å². The molecule has 5 heteroatoms. The zero-order chi connectivity index (χ0) is 18.5. The highest BCUT2D eigenvalue weighted by Crippen LogP contribution is 2.31. The van der Waals surface area contributed by atoms with Crippen LogP contribution in [0.4, 0.5) is 5.95 Å². The van der Waals surface area contributed by atoms with Crippen LogP contribution in [0.25, 0.3) is 0 Å². The second kappa shape index (κ2) is 9.33. The molecule has 0 unspecified atom stereocenters. The molecule has 1 aliphatic heterocycles. The molecule has 0 amide bonds. The lowest BCUT2D eigenvalue weighted by Crippen LogP contribution is -2.37. The fraction of sp³-hybridized carbons (Fsp3) is 0.818. The average Bonchev–Trinajstić information content (AvgIpc) is 2.70. The molecule has 1 atom stereocenters. The summed E-state index contributed by atoms with van der Waals surface area (Å²) in [6, 6.07) is 1.10. The lowest BCUT2D eigenvalue weighted by atomic mass is 9.90. The van der Waals surface area contributed by atoms with E-state index in [1.807, 2.05) is 0 Å². The standard InChI is InChI=1S/C22H36N4O/c27-16-17-11-13-26(14-12-17)22-23-15-19-20(9-6-10-21(19)25-22)24-18-7-4-2-1-3-5-8-18/h15,17-18,20,24,27H,1-14,16H2/t20-/m0/s1. The minimum atomic E-state index is 0.313. The third-order valence-electron chi connectivity index (χ3n) is 6.87. The Labute approximate surface area is 164 Å². The maximum Gasteiger partial charge on any atom is 0.225 e. The quantitative estimate of drug-likeness (QED) is 0.842. The average molecular weight is 373 g/mol. The number of fused-ring (bicyclic) bond motifs is 1. The molecule has 1 aromatic heterocycles. The number of aryl methyl sites for hydroxylation is 1. The minimum absolute atomic E-state index is 0.313. The first-order chi connectivity index (χ1) is 13.3. The van der Waals surface area contributed by atoms with Crippen molar-refractivity contribution in [2.75, 3.05) is 24.6 Å². The SMILES string of the molecule is OCC1CCN(c2ncc3c(n2)CCC[C@@H]3NC2CCCCCCC2)CC1. The minimum Gasteiger partial charge on any atom is -0.396 e. The van der Waals surface area contributed by atoms with E-state index in [1.54, 1.807) is 0 Å². The fourth-order valence-corrected chi connectivity index (χ4v) is 5.08. The second-order valence-electron chi connectivity index (χ2n) is 8.84. The van der Waals surface area contributed by atoms with Crippen molar-refractivity contribution in [2.24, 2.45) is 5.92 Å². The number of nitrogens with one attached hydrogen (secondary N) is 1. The largest absolute Gasteiger partial charge is 0.396 e. The molecular formula is C22H36N4O. The van der Waals surface area contributed by atoms with Crippen LogP contribution in [0.2, 0.25) is 0 Å². The van der Waals surface area contributed by atoms with Gasteiger partial charge >= 0.3 is 0 Å². The van der Waals surface area contributed by atoms with Crippen LogP contribution in [0.1, 0.15) is 87.9 Å². The zero-order valence-electron chi connectivity index (χ0n) is 16.7. The molecule has 1 saturated heterocycles. The Morgan fingerprint density at radius 2 is 1.70 bits per heavy atom. The van der Waals surface area contributed by atoms with E-state index in [0.717, 1.165) is 38.3 Å². The predicted molar refractivity (Wildman–Crippen MR) is 109 cm³/mol. The monoisotopic (exact) mass is 372 g/mol. The maximum absolute atomic E-state index is 9.35. The number of hydrogen-bond acceptors (Lipinski definition) is 5. The Kier molecular flexibility index (Phi) is 6.61. The van der Waals surface area contributed by atoms with Gasteiger partial charge in [0.05, 0.1) is 5.69 Å². The molecule has 0 aromatic carbocycles. The maximum atomic E-state index is 9.35. The van der Waals surface area contributed by atoms with Crippen LogP contribution in [-0.2, 0) is 6.42 Å². The highest BCUT2D eigenvalue weighted by Gasteiger charge is 2.26. The second-order valence-corrected chi connectivity index (χ2v) is 8.84. The summed E-state index contributed by atoms with van der Waals surface area (Å²) in [5.41, 5.74) is 2.61. The first-order valence-corrected chi connectivity index (χ1v) is 11.3. The molecule has 4 rings (SSSR count). The zero-order valence-corrected chi connectivity index (χ0v) is 16.7. The molecule has 150 valence electrons. The van der Waals surface area contributed by atoms with Gasteiger partial charge in [-0.15, -0.1) is 0 Å². The Morgan fingerprint density at radius 3 is 2.44 bits per heavy atom. The normalized spacial score (nSPS) is 25.7. The van der Waals surface area contributed by atoms with Gasteiger partial charge in [-0.25, -0.2) is 9.97 Å². The van der Waals surface area contributed by atoms with Crippen molar-refractivity contribution in [3.63, 3.8) is 0 Å². The van der Waals surface area contributed by atoms with Crippen molar-refractivity contribution in [3.8, 4) is 0 Å². The van der Waals surface area contributed by atoms with Gasteiger partial charge in [-0.3, -0.25) is 0 Å². The molecule has 0 bridgehead atoms. The lowest BCUT2D eigenvalue weighted by Gasteiger charge is -2.33. The van der Waals surface area contributed by atoms with Crippen molar-refractivity contribution in [1.29, 1.82) is 0 Å². The number of piperidine rings is 1. The van der Waals surface area contributed by atoms with Crippen LogP contribution in [-0.4, -0.2) is 40.8 Å². The number of hydrogen-bond donors (Lipinski definition) is 2. The molecule has 0 radical (unpaired) electrons. The van der Waals surface area contributed by atoms with Gasteiger partial charge in [0.2, 0.25) is 5.95 Å². The molecule has 5 nitrogen and oxygen atoms in total. The summed E-state index contributed by atoms with van der Waals surface area (Å²) in [5.74, 6) is 1.35. The molecule has 2 fully saturated rings. The number of aliphatic hydroxyl groups is 1. The van der Waals surface area contributed by atoms with E-state index in [0.29, 0.717) is 24.6 Å². The topological polar surface area (TPSA) is 61.3 Å². The van der Waals surface area contributed by atoms with Crippen LogP contribution < -0.4 is 10.2 Å². The number of nitrogens with zero attached hydrogens (tertiary/aromatic N) is 3. The van der Waals surface area contributed by atoms with E-state index in [9.17, 15) is 5.11 Å². The third kappa shape index (κ3) is 4.80. The van der Waals surface area contributed by atoms with E-state index in [-0.39, 0.29) is 0 Å². The molecular weight excluding hydrogens is 336 g/mol. The number of anilines is 1. The van der Waals surface area contributed by atoms with Gasteiger partial charge in [-0.2, -0.15) is 0 Å². The Morgan fingerprint density at radius 1 is 0.963 bits per heavy atom. The lowest BCUT2D eigenvalue weighted by molar-refractivity contribution is 0.202. The van der Waals surface area contributed by atoms with Crippen LogP contribution in [0, 0.1) is 5.92 Å². The Balaban J connectivity index is 1.42. The van der Waals surface area contributed by atoms with E-state index in [4.69, 9.17) is 9.97 Å².